The molecule has 0 radical (unpaired) electrons. The Kier molecular flexibility index (Phi) is 5.09. The predicted octanol–water partition coefficient (Wildman–Crippen LogP) is 3.01. The van der Waals surface area contributed by atoms with Crippen LogP contribution >= 0.6 is 11.8 Å². The quantitative estimate of drug-likeness (QED) is 0.802. The molecule has 2 aromatic carbocycles. The summed E-state index contributed by atoms with van der Waals surface area (Å²) in [5.41, 5.74) is 0. The number of nitrogens with zero attached hydrogens (tertiary/aromatic N) is 2. The molecule has 1 unspecified atom stereocenters. The van der Waals surface area contributed by atoms with Crippen LogP contribution in [0.5, 0.6) is 0 Å². The molecule has 0 aliphatic carbocycles. The van der Waals surface area contributed by atoms with Gasteiger partial charge in [0.05, 0.1) is 5.75 Å². The average molecular weight is 342 g/mol. The number of thioether (sulfide) groups is 1. The fraction of sp³-hybridized carbons (Fsp3) is 0.368. The predicted molar refractivity (Wildman–Crippen MR) is 98.1 cm³/mol. The lowest BCUT2D eigenvalue weighted by molar-refractivity contribution is -0.140. The van der Waals surface area contributed by atoms with Crippen molar-refractivity contribution in [1.82, 2.24) is 9.80 Å². The second-order valence-electron chi connectivity index (χ2n) is 6.28. The summed E-state index contributed by atoms with van der Waals surface area (Å²) in [6.45, 7) is 0.682. The highest BCUT2D eigenvalue weighted by molar-refractivity contribution is 8.00. The summed E-state index contributed by atoms with van der Waals surface area (Å²) in [4.78, 5) is 29.2. The van der Waals surface area contributed by atoms with Gasteiger partial charge in [0.2, 0.25) is 11.8 Å². The van der Waals surface area contributed by atoms with Crippen LogP contribution in [0.1, 0.15) is 12.8 Å². The van der Waals surface area contributed by atoms with Gasteiger partial charge < -0.3 is 9.80 Å². The van der Waals surface area contributed by atoms with Gasteiger partial charge in [-0.3, -0.25) is 9.59 Å². The number of likely N-dealkylation sites (N-methyl/N-ethyl adjacent to an activating group) is 1. The molecule has 0 saturated carbocycles. The maximum atomic E-state index is 12.6. The van der Waals surface area contributed by atoms with E-state index >= 15 is 0 Å². The number of fused-ring (bicyclic) bond motifs is 1. The Morgan fingerprint density at radius 3 is 2.67 bits per heavy atom. The third-order valence-corrected chi connectivity index (χ3v) is 5.36. The van der Waals surface area contributed by atoms with E-state index in [0.29, 0.717) is 12.3 Å². The van der Waals surface area contributed by atoms with Gasteiger partial charge in [-0.2, -0.15) is 0 Å². The SMILES string of the molecule is CN(C)C(=O)C1CCCN1C(=O)CSc1ccc2ccccc2c1. The van der Waals surface area contributed by atoms with Gasteiger partial charge >= 0.3 is 0 Å². The number of benzene rings is 2. The van der Waals surface area contributed by atoms with Crippen LogP contribution < -0.4 is 0 Å². The van der Waals surface area contributed by atoms with E-state index in [2.05, 4.69) is 24.3 Å². The summed E-state index contributed by atoms with van der Waals surface area (Å²) in [7, 11) is 3.49. The third-order valence-electron chi connectivity index (χ3n) is 4.38. The molecule has 0 spiro atoms. The molecular weight excluding hydrogens is 320 g/mol. The van der Waals surface area contributed by atoms with E-state index in [1.54, 1.807) is 23.9 Å². The van der Waals surface area contributed by atoms with Crippen LogP contribution in [0.25, 0.3) is 10.8 Å². The van der Waals surface area contributed by atoms with E-state index in [1.807, 2.05) is 18.2 Å². The highest BCUT2D eigenvalue weighted by Crippen LogP contribution is 2.26. The van der Waals surface area contributed by atoms with E-state index in [9.17, 15) is 9.59 Å². The maximum absolute atomic E-state index is 12.6. The molecule has 0 aromatic heterocycles. The number of carbonyl (C=O) groups is 2. The summed E-state index contributed by atoms with van der Waals surface area (Å²) in [5.74, 6) is 0.442. The van der Waals surface area contributed by atoms with Gasteiger partial charge in [0.1, 0.15) is 6.04 Å². The van der Waals surface area contributed by atoms with E-state index < -0.39 is 0 Å². The first-order chi connectivity index (χ1) is 11.6. The second-order valence-corrected chi connectivity index (χ2v) is 7.32. The molecule has 1 atom stereocenters. The molecule has 2 amide bonds. The summed E-state index contributed by atoms with van der Waals surface area (Å²) in [6, 6.07) is 14.1. The van der Waals surface area contributed by atoms with E-state index in [4.69, 9.17) is 0 Å². The molecule has 1 saturated heterocycles. The molecule has 0 bridgehead atoms. The van der Waals surface area contributed by atoms with Gasteiger partial charge in [-0.25, -0.2) is 0 Å². The summed E-state index contributed by atoms with van der Waals surface area (Å²) >= 11 is 1.54. The molecular formula is C19H22N2O2S. The van der Waals surface area contributed by atoms with Crippen LogP contribution in [-0.2, 0) is 9.59 Å². The van der Waals surface area contributed by atoms with Crippen LogP contribution in [0.2, 0.25) is 0 Å². The van der Waals surface area contributed by atoms with Crippen LogP contribution in [0.15, 0.2) is 47.4 Å². The standard InChI is InChI=1S/C19H22N2O2S/c1-20(2)19(23)17-8-5-11-21(17)18(22)13-24-16-10-9-14-6-3-4-7-15(14)12-16/h3-4,6-7,9-10,12,17H,5,8,11,13H2,1-2H3. The van der Waals surface area contributed by atoms with Crippen molar-refractivity contribution in [3.8, 4) is 0 Å². The van der Waals surface area contributed by atoms with E-state index in [0.717, 1.165) is 17.7 Å². The van der Waals surface area contributed by atoms with Crippen LogP contribution in [-0.4, -0.2) is 54.0 Å². The number of hydrogen-bond acceptors (Lipinski definition) is 3. The van der Waals surface area contributed by atoms with Crippen LogP contribution in [0, 0.1) is 0 Å². The molecule has 1 aliphatic heterocycles. The maximum Gasteiger partial charge on any atom is 0.244 e. The lowest BCUT2D eigenvalue weighted by Crippen LogP contribution is -2.46. The van der Waals surface area contributed by atoms with Gasteiger partial charge in [-0.1, -0.05) is 30.3 Å². The summed E-state index contributed by atoms with van der Waals surface area (Å²) in [5, 5.41) is 2.38. The number of carbonyl (C=O) groups excluding carboxylic acids is 2. The minimum atomic E-state index is -0.287. The molecule has 0 N–H and O–H groups in total. The molecule has 1 aliphatic rings. The number of rotatable bonds is 4. The largest absolute Gasteiger partial charge is 0.347 e. The molecule has 1 fully saturated rings. The Balaban J connectivity index is 1.64. The first kappa shape index (κ1) is 16.8. The molecule has 4 nitrogen and oxygen atoms in total. The first-order valence-corrected chi connectivity index (χ1v) is 9.17. The Labute approximate surface area is 146 Å². The van der Waals surface area contributed by atoms with Crippen LogP contribution in [0.4, 0.5) is 0 Å². The fourth-order valence-electron chi connectivity index (χ4n) is 3.11. The molecule has 2 aromatic rings. The zero-order valence-corrected chi connectivity index (χ0v) is 14.9. The topological polar surface area (TPSA) is 40.6 Å². The molecule has 24 heavy (non-hydrogen) atoms. The van der Waals surface area contributed by atoms with E-state index in [1.165, 1.54) is 22.5 Å². The monoisotopic (exact) mass is 342 g/mol. The Morgan fingerprint density at radius 2 is 1.92 bits per heavy atom. The summed E-state index contributed by atoms with van der Waals surface area (Å²) < 4.78 is 0. The zero-order valence-electron chi connectivity index (χ0n) is 14.1. The molecule has 3 rings (SSSR count). The lowest BCUT2D eigenvalue weighted by Gasteiger charge is -2.26. The Hall–Kier alpha value is -2.01. The van der Waals surface area contributed by atoms with Crippen molar-refractivity contribution < 1.29 is 9.59 Å². The van der Waals surface area contributed by atoms with Crippen molar-refractivity contribution in [3.63, 3.8) is 0 Å². The van der Waals surface area contributed by atoms with Gasteiger partial charge in [0.25, 0.3) is 0 Å². The summed E-state index contributed by atoms with van der Waals surface area (Å²) in [6.07, 6.45) is 1.67. The van der Waals surface area contributed by atoms with Crippen molar-refractivity contribution in [3.05, 3.63) is 42.5 Å². The van der Waals surface area contributed by atoms with Crippen molar-refractivity contribution in [2.24, 2.45) is 0 Å². The lowest BCUT2D eigenvalue weighted by atomic mass is 10.1. The number of hydrogen-bond donors (Lipinski definition) is 0. The van der Waals surface area contributed by atoms with Crippen LogP contribution in [0.3, 0.4) is 0 Å². The van der Waals surface area contributed by atoms with Gasteiger partial charge in [0, 0.05) is 25.5 Å². The minimum Gasteiger partial charge on any atom is -0.347 e. The second kappa shape index (κ2) is 7.26. The normalized spacial score (nSPS) is 17.2. The van der Waals surface area contributed by atoms with Gasteiger partial charge in [-0.05, 0) is 35.7 Å². The van der Waals surface area contributed by atoms with Crippen molar-refractivity contribution in [2.45, 2.75) is 23.8 Å². The zero-order chi connectivity index (χ0) is 17.1. The first-order valence-electron chi connectivity index (χ1n) is 8.18. The highest BCUT2D eigenvalue weighted by atomic mass is 32.2. The average Bonchev–Trinajstić information content (AvgIpc) is 3.08. The minimum absolute atomic E-state index is 0.0246. The fourth-order valence-corrected chi connectivity index (χ4v) is 3.94. The molecule has 1 heterocycles. The van der Waals surface area contributed by atoms with E-state index in [-0.39, 0.29) is 17.9 Å². The molecule has 126 valence electrons. The number of amides is 2. The Bertz CT molecular complexity index is 760. The van der Waals surface area contributed by atoms with Crippen molar-refractivity contribution in [2.75, 3.05) is 26.4 Å². The highest BCUT2D eigenvalue weighted by Gasteiger charge is 2.34. The molecule has 5 heteroatoms. The van der Waals surface area contributed by atoms with Gasteiger partial charge in [-0.15, -0.1) is 11.8 Å². The third kappa shape index (κ3) is 3.56. The van der Waals surface area contributed by atoms with Crippen molar-refractivity contribution >= 4 is 34.3 Å². The van der Waals surface area contributed by atoms with Gasteiger partial charge in [0.15, 0.2) is 0 Å². The number of likely N-dealkylation sites (tertiary alicyclic amines) is 1. The smallest absolute Gasteiger partial charge is 0.244 e. The van der Waals surface area contributed by atoms with Crippen molar-refractivity contribution in [1.29, 1.82) is 0 Å². The Morgan fingerprint density at radius 1 is 1.17 bits per heavy atom.